The van der Waals surface area contributed by atoms with Gasteiger partial charge in [-0.1, -0.05) is 20.8 Å². The SMILES string of the molecule is CC1(C)[C@H]2CC[C@]1(C)[C@H](OC(=O)/C=C\C(=O)O)C2. The highest BCUT2D eigenvalue weighted by Crippen LogP contribution is 2.66. The van der Waals surface area contributed by atoms with Crippen LogP contribution in [0.1, 0.15) is 40.0 Å². The van der Waals surface area contributed by atoms with Gasteiger partial charge in [-0.05, 0) is 30.6 Å². The summed E-state index contributed by atoms with van der Waals surface area (Å²) in [6.45, 7) is 6.66. The lowest BCUT2D eigenvalue weighted by atomic mass is 9.70. The Morgan fingerprint density at radius 3 is 2.39 bits per heavy atom. The molecule has 0 radical (unpaired) electrons. The van der Waals surface area contributed by atoms with Gasteiger partial charge in [0.1, 0.15) is 6.10 Å². The minimum atomic E-state index is -1.13. The van der Waals surface area contributed by atoms with Gasteiger partial charge in [0.2, 0.25) is 0 Å². The fourth-order valence-electron chi connectivity index (χ4n) is 3.63. The molecular weight excluding hydrogens is 232 g/mol. The van der Waals surface area contributed by atoms with Crippen molar-refractivity contribution >= 4 is 11.9 Å². The first-order valence-corrected chi connectivity index (χ1v) is 6.39. The lowest BCUT2D eigenvalue weighted by Crippen LogP contribution is -2.38. The number of carbonyl (C=O) groups is 2. The number of hydrogen-bond acceptors (Lipinski definition) is 3. The molecule has 2 fully saturated rings. The van der Waals surface area contributed by atoms with Crippen molar-refractivity contribution in [3.05, 3.63) is 12.2 Å². The highest BCUT2D eigenvalue weighted by molar-refractivity contribution is 5.90. The average Bonchev–Trinajstić information content (AvgIpc) is 2.59. The van der Waals surface area contributed by atoms with Gasteiger partial charge in [0.05, 0.1) is 0 Å². The van der Waals surface area contributed by atoms with E-state index in [4.69, 9.17) is 9.84 Å². The van der Waals surface area contributed by atoms with Crippen molar-refractivity contribution in [1.82, 2.24) is 0 Å². The fraction of sp³-hybridized carbons (Fsp3) is 0.714. The van der Waals surface area contributed by atoms with Crippen LogP contribution in [0, 0.1) is 16.7 Å². The number of rotatable bonds is 3. The number of fused-ring (bicyclic) bond motifs is 2. The van der Waals surface area contributed by atoms with E-state index in [0.29, 0.717) is 5.92 Å². The summed E-state index contributed by atoms with van der Waals surface area (Å²) in [5, 5.41) is 8.47. The summed E-state index contributed by atoms with van der Waals surface area (Å²) in [5.74, 6) is -1.08. The van der Waals surface area contributed by atoms with Gasteiger partial charge in [-0.3, -0.25) is 0 Å². The van der Waals surface area contributed by atoms with Gasteiger partial charge in [0.15, 0.2) is 0 Å². The second-order valence-electron chi connectivity index (χ2n) is 6.21. The van der Waals surface area contributed by atoms with E-state index in [1.807, 2.05) is 0 Å². The molecule has 3 atom stereocenters. The van der Waals surface area contributed by atoms with Crippen molar-refractivity contribution in [1.29, 1.82) is 0 Å². The molecule has 0 aromatic heterocycles. The van der Waals surface area contributed by atoms with Crippen molar-refractivity contribution in [2.45, 2.75) is 46.1 Å². The van der Waals surface area contributed by atoms with E-state index in [1.54, 1.807) is 0 Å². The normalized spacial score (nSPS) is 37.1. The lowest BCUT2D eigenvalue weighted by molar-refractivity contribution is -0.151. The molecule has 2 aliphatic carbocycles. The Labute approximate surface area is 107 Å². The number of carboxylic acid groups (broad SMARTS) is 1. The van der Waals surface area contributed by atoms with Gasteiger partial charge in [0.25, 0.3) is 0 Å². The molecule has 0 heterocycles. The van der Waals surface area contributed by atoms with Crippen LogP contribution >= 0.6 is 0 Å². The van der Waals surface area contributed by atoms with Crippen LogP contribution in [0.5, 0.6) is 0 Å². The van der Waals surface area contributed by atoms with E-state index in [9.17, 15) is 9.59 Å². The van der Waals surface area contributed by atoms with Gasteiger partial charge in [-0.25, -0.2) is 9.59 Å². The number of aliphatic carboxylic acids is 1. The first kappa shape index (κ1) is 13.1. The number of carbonyl (C=O) groups excluding carboxylic acids is 1. The second-order valence-corrected chi connectivity index (χ2v) is 6.21. The van der Waals surface area contributed by atoms with Gasteiger partial charge in [0, 0.05) is 17.6 Å². The summed E-state index contributed by atoms with van der Waals surface area (Å²) in [6.07, 6.45) is 4.90. The van der Waals surface area contributed by atoms with Crippen LogP contribution in [0.25, 0.3) is 0 Å². The van der Waals surface area contributed by atoms with E-state index < -0.39 is 11.9 Å². The third-order valence-corrected chi connectivity index (χ3v) is 5.33. The maximum atomic E-state index is 11.6. The summed E-state index contributed by atoms with van der Waals surface area (Å²) >= 11 is 0. The zero-order valence-corrected chi connectivity index (χ0v) is 11.1. The summed E-state index contributed by atoms with van der Waals surface area (Å²) in [4.78, 5) is 21.9. The lowest BCUT2D eigenvalue weighted by Gasteiger charge is -2.38. The Balaban J connectivity index is 2.05. The molecule has 2 rings (SSSR count). The molecule has 4 heteroatoms. The van der Waals surface area contributed by atoms with Crippen LogP contribution < -0.4 is 0 Å². The molecule has 4 nitrogen and oxygen atoms in total. The third kappa shape index (κ3) is 1.84. The zero-order chi connectivity index (χ0) is 13.6. The predicted octanol–water partition coefficient (Wildman–Crippen LogP) is 2.39. The molecule has 0 aliphatic heterocycles. The molecule has 0 saturated heterocycles. The average molecular weight is 252 g/mol. The van der Waals surface area contributed by atoms with Gasteiger partial charge < -0.3 is 9.84 Å². The first-order valence-electron chi connectivity index (χ1n) is 6.39. The molecule has 100 valence electrons. The van der Waals surface area contributed by atoms with Crippen LogP contribution in [0.4, 0.5) is 0 Å². The Morgan fingerprint density at radius 1 is 1.28 bits per heavy atom. The van der Waals surface area contributed by atoms with Crippen LogP contribution in [-0.2, 0) is 14.3 Å². The van der Waals surface area contributed by atoms with Gasteiger partial charge >= 0.3 is 11.9 Å². The topological polar surface area (TPSA) is 63.6 Å². The predicted molar refractivity (Wildman–Crippen MR) is 65.9 cm³/mol. The van der Waals surface area contributed by atoms with Crippen molar-refractivity contribution in [3.8, 4) is 0 Å². The zero-order valence-electron chi connectivity index (χ0n) is 11.1. The minimum Gasteiger partial charge on any atom is -0.478 e. The Bertz CT molecular complexity index is 410. The monoisotopic (exact) mass is 252 g/mol. The van der Waals surface area contributed by atoms with E-state index in [2.05, 4.69) is 20.8 Å². The van der Waals surface area contributed by atoms with Crippen LogP contribution in [0.2, 0.25) is 0 Å². The molecule has 0 aromatic rings. The van der Waals surface area contributed by atoms with Crippen molar-refractivity contribution in [2.24, 2.45) is 16.7 Å². The molecule has 0 aromatic carbocycles. The molecule has 2 saturated carbocycles. The van der Waals surface area contributed by atoms with Crippen molar-refractivity contribution < 1.29 is 19.4 Å². The molecule has 0 amide bonds. The van der Waals surface area contributed by atoms with Crippen molar-refractivity contribution in [2.75, 3.05) is 0 Å². The number of hydrogen-bond donors (Lipinski definition) is 1. The number of esters is 1. The molecule has 0 spiro atoms. The summed E-state index contributed by atoms with van der Waals surface area (Å²) in [6, 6.07) is 0. The molecule has 2 bridgehead atoms. The van der Waals surface area contributed by atoms with E-state index in [-0.39, 0.29) is 16.9 Å². The largest absolute Gasteiger partial charge is 0.478 e. The molecule has 1 N–H and O–H groups in total. The number of carboxylic acids is 1. The highest BCUT2D eigenvalue weighted by atomic mass is 16.5. The smallest absolute Gasteiger partial charge is 0.331 e. The van der Waals surface area contributed by atoms with Gasteiger partial charge in [-0.15, -0.1) is 0 Å². The molecule has 2 aliphatic rings. The summed E-state index contributed by atoms with van der Waals surface area (Å²) in [5.41, 5.74) is 0.207. The Morgan fingerprint density at radius 2 is 1.94 bits per heavy atom. The third-order valence-electron chi connectivity index (χ3n) is 5.33. The highest BCUT2D eigenvalue weighted by Gasteiger charge is 2.62. The quantitative estimate of drug-likeness (QED) is 0.618. The van der Waals surface area contributed by atoms with Crippen LogP contribution in [0.15, 0.2) is 12.2 Å². The van der Waals surface area contributed by atoms with Gasteiger partial charge in [-0.2, -0.15) is 0 Å². The van der Waals surface area contributed by atoms with Crippen LogP contribution in [0.3, 0.4) is 0 Å². The molecule has 18 heavy (non-hydrogen) atoms. The number of ether oxygens (including phenoxy) is 1. The fourth-order valence-corrected chi connectivity index (χ4v) is 3.63. The maximum absolute atomic E-state index is 11.6. The van der Waals surface area contributed by atoms with E-state index in [1.165, 1.54) is 6.42 Å². The Kier molecular flexibility index (Phi) is 2.99. The van der Waals surface area contributed by atoms with Crippen LogP contribution in [-0.4, -0.2) is 23.1 Å². The first-order chi connectivity index (χ1) is 8.27. The van der Waals surface area contributed by atoms with Crippen molar-refractivity contribution in [3.63, 3.8) is 0 Å². The standard InChI is InChI=1S/C14H20O4/c1-13(2)9-6-7-14(13,3)10(8-9)18-12(17)5-4-11(15)16/h4-5,9-10H,6-8H2,1-3H3,(H,15,16)/b5-4-/t9-,10+,14+/m0/s1. The van der Waals surface area contributed by atoms with E-state index in [0.717, 1.165) is 25.0 Å². The molecule has 0 unspecified atom stereocenters. The molecular formula is C14H20O4. The van der Waals surface area contributed by atoms with E-state index >= 15 is 0 Å². The Hall–Kier alpha value is -1.32. The summed E-state index contributed by atoms with van der Waals surface area (Å²) < 4.78 is 5.45. The second kappa shape index (κ2) is 4.11. The minimum absolute atomic E-state index is 0.0182. The maximum Gasteiger partial charge on any atom is 0.331 e. The summed E-state index contributed by atoms with van der Waals surface area (Å²) in [7, 11) is 0.